The van der Waals surface area contributed by atoms with E-state index in [2.05, 4.69) is 27.7 Å². The van der Waals surface area contributed by atoms with E-state index < -0.39 is 0 Å². The SMILES string of the molecule is O=C(CCCCC1CCSS1)N1C(=[Se])OC[C@@H]1c1ccccc1. The van der Waals surface area contributed by atoms with Crippen LogP contribution in [-0.2, 0) is 9.53 Å². The molecule has 2 fully saturated rings. The van der Waals surface area contributed by atoms with Crippen molar-refractivity contribution in [3.63, 3.8) is 0 Å². The van der Waals surface area contributed by atoms with Gasteiger partial charge in [-0.3, -0.25) is 0 Å². The number of carbonyl (C=O) groups excluding carboxylic acids is 1. The van der Waals surface area contributed by atoms with E-state index in [1.165, 1.54) is 18.6 Å². The molecule has 2 saturated heterocycles. The van der Waals surface area contributed by atoms with Crippen molar-refractivity contribution in [1.29, 1.82) is 0 Å². The van der Waals surface area contributed by atoms with Crippen LogP contribution in [0, 0.1) is 0 Å². The molecule has 0 spiro atoms. The first kappa shape index (κ1) is 17.4. The fraction of sp³-hybridized carbons (Fsp3) is 0.529. The van der Waals surface area contributed by atoms with E-state index in [1.807, 2.05) is 39.8 Å². The third-order valence-electron chi connectivity index (χ3n) is 4.22. The first-order chi connectivity index (χ1) is 11.3. The van der Waals surface area contributed by atoms with Gasteiger partial charge in [-0.15, -0.1) is 0 Å². The second kappa shape index (κ2) is 8.61. The van der Waals surface area contributed by atoms with Gasteiger partial charge >= 0.3 is 154 Å². The maximum atomic E-state index is 12.6. The minimum absolute atomic E-state index is 0.00161. The standard InChI is InChI=1S/C17H21NO2S2Se/c19-16(9-5-4-8-14-10-11-21-22-14)18-15(12-20-17(18)23)13-6-2-1-3-7-13/h1-3,6-7,14-15H,4-5,8-12H2/t14?,15-/m1/s1. The molecule has 0 aliphatic carbocycles. The number of ether oxygens (including phenoxy) is 1. The molecule has 6 heteroatoms. The van der Waals surface area contributed by atoms with E-state index in [9.17, 15) is 4.79 Å². The molecule has 2 aliphatic rings. The minimum atomic E-state index is 0.00161. The molecule has 0 saturated carbocycles. The molecule has 1 aromatic rings. The van der Waals surface area contributed by atoms with Crippen molar-refractivity contribution in [3.8, 4) is 0 Å². The first-order valence-electron chi connectivity index (χ1n) is 8.08. The monoisotopic (exact) mass is 415 g/mol. The van der Waals surface area contributed by atoms with E-state index in [0.717, 1.165) is 23.7 Å². The van der Waals surface area contributed by atoms with Gasteiger partial charge in [0, 0.05) is 0 Å². The molecule has 0 radical (unpaired) electrons. The quantitative estimate of drug-likeness (QED) is 0.405. The Balaban J connectivity index is 1.51. The Labute approximate surface area is 153 Å². The molecule has 0 aromatic heterocycles. The molecule has 1 aromatic carbocycles. The van der Waals surface area contributed by atoms with Crippen molar-refractivity contribution in [1.82, 2.24) is 4.90 Å². The summed E-state index contributed by atoms with van der Waals surface area (Å²) in [7, 11) is 4.00. The summed E-state index contributed by atoms with van der Waals surface area (Å²) >= 11 is 2.90. The van der Waals surface area contributed by atoms with Gasteiger partial charge in [-0.25, -0.2) is 0 Å². The Morgan fingerprint density at radius 2 is 2.13 bits per heavy atom. The molecule has 23 heavy (non-hydrogen) atoms. The number of rotatable bonds is 6. The molecule has 0 bridgehead atoms. The molecule has 1 unspecified atom stereocenters. The van der Waals surface area contributed by atoms with Gasteiger partial charge in [0.25, 0.3) is 0 Å². The number of hydrogen-bond acceptors (Lipinski definition) is 4. The summed E-state index contributed by atoms with van der Waals surface area (Å²) in [5.74, 6) is 1.45. The molecule has 0 N–H and O–H groups in total. The van der Waals surface area contributed by atoms with Crippen LogP contribution in [0.3, 0.4) is 0 Å². The Morgan fingerprint density at radius 3 is 2.87 bits per heavy atom. The van der Waals surface area contributed by atoms with Crippen LogP contribution in [0.5, 0.6) is 0 Å². The molecule has 2 heterocycles. The van der Waals surface area contributed by atoms with Gasteiger partial charge in [0.1, 0.15) is 0 Å². The van der Waals surface area contributed by atoms with Gasteiger partial charge in [-0.2, -0.15) is 0 Å². The van der Waals surface area contributed by atoms with Crippen LogP contribution in [-0.4, -0.2) is 48.7 Å². The van der Waals surface area contributed by atoms with Crippen molar-refractivity contribution < 1.29 is 9.53 Å². The molecule has 2 atom stereocenters. The second-order valence-corrected chi connectivity index (χ2v) is 9.36. The Hall–Kier alpha value is -0.421. The van der Waals surface area contributed by atoms with Crippen molar-refractivity contribution in [2.75, 3.05) is 12.4 Å². The normalized spacial score (nSPS) is 24.0. The van der Waals surface area contributed by atoms with Gasteiger partial charge < -0.3 is 0 Å². The fourth-order valence-corrected chi connectivity index (χ4v) is 6.60. The van der Waals surface area contributed by atoms with Gasteiger partial charge in [-0.1, -0.05) is 0 Å². The summed E-state index contributed by atoms with van der Waals surface area (Å²) in [6.07, 6.45) is 5.26. The number of benzene rings is 1. The van der Waals surface area contributed by atoms with Gasteiger partial charge in [-0.05, 0) is 0 Å². The average Bonchev–Trinajstić information content (AvgIpc) is 3.22. The zero-order chi connectivity index (χ0) is 16.1. The summed E-state index contributed by atoms with van der Waals surface area (Å²) in [6.45, 7) is 0.536. The fourth-order valence-electron chi connectivity index (χ4n) is 2.95. The molecule has 2 aliphatic heterocycles. The summed E-state index contributed by atoms with van der Waals surface area (Å²) in [5, 5.41) is 0.795. The van der Waals surface area contributed by atoms with Crippen molar-refractivity contribution in [2.24, 2.45) is 0 Å². The van der Waals surface area contributed by atoms with Crippen LogP contribution in [0.1, 0.15) is 43.7 Å². The average molecular weight is 414 g/mol. The Bertz CT molecular complexity index is 549. The Kier molecular flexibility index (Phi) is 6.52. The third kappa shape index (κ3) is 4.56. The molecule has 3 nitrogen and oxygen atoms in total. The van der Waals surface area contributed by atoms with Gasteiger partial charge in [0.05, 0.1) is 0 Å². The van der Waals surface area contributed by atoms with Gasteiger partial charge in [0.15, 0.2) is 0 Å². The Morgan fingerprint density at radius 1 is 1.30 bits per heavy atom. The van der Waals surface area contributed by atoms with Crippen LogP contribution in [0.2, 0.25) is 0 Å². The first-order valence-corrected chi connectivity index (χ1v) is 11.3. The van der Waals surface area contributed by atoms with E-state index in [4.69, 9.17) is 4.74 Å². The van der Waals surface area contributed by atoms with Crippen LogP contribution >= 0.6 is 21.6 Å². The molecule has 3 rings (SSSR count). The number of nitrogens with zero attached hydrogens (tertiary/aromatic N) is 1. The van der Waals surface area contributed by atoms with Gasteiger partial charge in [0.2, 0.25) is 0 Å². The maximum absolute atomic E-state index is 12.6. The molecular formula is C17H21NO2S2Se. The van der Waals surface area contributed by atoms with E-state index in [0.29, 0.717) is 17.8 Å². The zero-order valence-corrected chi connectivity index (χ0v) is 16.3. The number of carbonyl (C=O) groups is 1. The predicted molar refractivity (Wildman–Crippen MR) is 99.7 cm³/mol. The summed E-state index contributed by atoms with van der Waals surface area (Å²) in [4.78, 5) is 14.4. The van der Waals surface area contributed by atoms with Crippen molar-refractivity contribution in [3.05, 3.63) is 35.9 Å². The van der Waals surface area contributed by atoms with Crippen molar-refractivity contribution in [2.45, 2.75) is 43.4 Å². The third-order valence-corrected chi connectivity index (χ3v) is 7.89. The van der Waals surface area contributed by atoms with E-state index in [1.54, 1.807) is 4.90 Å². The van der Waals surface area contributed by atoms with E-state index in [-0.39, 0.29) is 11.9 Å². The van der Waals surface area contributed by atoms with Crippen molar-refractivity contribution >= 4 is 47.8 Å². The number of unbranched alkanes of at least 4 members (excludes halogenated alkanes) is 1. The van der Waals surface area contributed by atoms with Crippen LogP contribution < -0.4 is 0 Å². The van der Waals surface area contributed by atoms with Crippen LogP contribution in [0.15, 0.2) is 30.3 Å². The zero-order valence-electron chi connectivity index (χ0n) is 13.0. The predicted octanol–water partition coefficient (Wildman–Crippen LogP) is 3.56. The molecule has 124 valence electrons. The summed E-state index contributed by atoms with van der Waals surface area (Å²) < 4.78 is 6.22. The summed E-state index contributed by atoms with van der Waals surface area (Å²) in [6, 6.07) is 10.1. The van der Waals surface area contributed by atoms with Crippen LogP contribution in [0.25, 0.3) is 0 Å². The molecular weight excluding hydrogens is 393 g/mol. The van der Waals surface area contributed by atoms with E-state index >= 15 is 0 Å². The molecule has 1 amide bonds. The number of amides is 1. The second-order valence-electron chi connectivity index (χ2n) is 5.84. The van der Waals surface area contributed by atoms with Crippen LogP contribution in [0.4, 0.5) is 0 Å². The summed E-state index contributed by atoms with van der Waals surface area (Å²) in [5.41, 5.74) is 1.13. The topological polar surface area (TPSA) is 29.5 Å². The number of hydrogen-bond donors (Lipinski definition) is 0.